The van der Waals surface area contributed by atoms with Crippen molar-refractivity contribution in [2.45, 2.75) is 0 Å². The molecular formula is C21H17ClN2O3. The Morgan fingerprint density at radius 1 is 1.04 bits per heavy atom. The summed E-state index contributed by atoms with van der Waals surface area (Å²) >= 11 is 5.83. The standard InChI is InChI=1S/C21H17ClN2O3/c1-26-20-14-15(5-9-17-4-2-3-13-23-17)6-12-19(20)27-21(25)24-18-10-7-16(22)8-11-18/h2-14H,1H3,(H,24,25)/b9-5+. The van der Waals surface area contributed by atoms with E-state index in [2.05, 4.69) is 10.3 Å². The zero-order chi connectivity index (χ0) is 19.1. The number of hydrogen-bond donors (Lipinski definition) is 1. The lowest BCUT2D eigenvalue weighted by Gasteiger charge is -2.11. The van der Waals surface area contributed by atoms with Gasteiger partial charge < -0.3 is 9.47 Å². The van der Waals surface area contributed by atoms with Crippen molar-refractivity contribution in [2.75, 3.05) is 12.4 Å². The van der Waals surface area contributed by atoms with Crippen molar-refractivity contribution in [1.29, 1.82) is 0 Å². The van der Waals surface area contributed by atoms with Crippen LogP contribution in [0.4, 0.5) is 10.5 Å². The Hall–Kier alpha value is -3.31. The molecule has 1 heterocycles. The summed E-state index contributed by atoms with van der Waals surface area (Å²) in [6, 6.07) is 17.7. The van der Waals surface area contributed by atoms with E-state index in [1.54, 1.807) is 42.6 Å². The van der Waals surface area contributed by atoms with E-state index in [-0.39, 0.29) is 0 Å². The van der Waals surface area contributed by atoms with E-state index in [1.165, 1.54) is 7.11 Å². The first kappa shape index (κ1) is 18.5. The fraction of sp³-hybridized carbons (Fsp3) is 0.0476. The first-order valence-corrected chi connectivity index (χ1v) is 8.53. The van der Waals surface area contributed by atoms with Crippen molar-refractivity contribution < 1.29 is 14.3 Å². The molecule has 1 amide bonds. The number of pyridine rings is 1. The number of benzene rings is 2. The summed E-state index contributed by atoms with van der Waals surface area (Å²) in [5, 5.41) is 3.22. The molecule has 136 valence electrons. The minimum absolute atomic E-state index is 0.318. The van der Waals surface area contributed by atoms with E-state index in [9.17, 15) is 4.79 Å². The molecule has 0 aliphatic carbocycles. The number of anilines is 1. The quantitative estimate of drug-likeness (QED) is 0.632. The zero-order valence-electron chi connectivity index (χ0n) is 14.6. The number of amides is 1. The fourth-order valence-electron chi connectivity index (χ4n) is 2.30. The average Bonchev–Trinajstić information content (AvgIpc) is 2.69. The van der Waals surface area contributed by atoms with Crippen LogP contribution >= 0.6 is 11.6 Å². The molecule has 1 N–H and O–H groups in total. The van der Waals surface area contributed by atoms with Crippen molar-refractivity contribution in [3.05, 3.63) is 83.1 Å². The van der Waals surface area contributed by atoms with Crippen molar-refractivity contribution in [3.63, 3.8) is 0 Å². The van der Waals surface area contributed by atoms with Gasteiger partial charge in [0.05, 0.1) is 12.8 Å². The van der Waals surface area contributed by atoms with Crippen LogP contribution in [0.25, 0.3) is 12.2 Å². The third-order valence-electron chi connectivity index (χ3n) is 3.62. The minimum atomic E-state index is -0.618. The molecule has 1 aromatic heterocycles. The second-order valence-corrected chi connectivity index (χ2v) is 5.96. The summed E-state index contributed by atoms with van der Waals surface area (Å²) < 4.78 is 10.7. The van der Waals surface area contributed by atoms with Crippen molar-refractivity contribution in [3.8, 4) is 11.5 Å². The zero-order valence-corrected chi connectivity index (χ0v) is 15.3. The monoisotopic (exact) mass is 380 g/mol. The second-order valence-electron chi connectivity index (χ2n) is 5.52. The summed E-state index contributed by atoms with van der Waals surface area (Å²) in [5.41, 5.74) is 2.32. The highest BCUT2D eigenvalue weighted by molar-refractivity contribution is 6.30. The van der Waals surface area contributed by atoms with Gasteiger partial charge in [-0.1, -0.05) is 29.8 Å². The number of carbonyl (C=O) groups is 1. The Kier molecular flexibility index (Phi) is 6.07. The minimum Gasteiger partial charge on any atom is -0.493 e. The van der Waals surface area contributed by atoms with E-state index in [4.69, 9.17) is 21.1 Å². The molecule has 0 saturated carbocycles. The van der Waals surface area contributed by atoms with Crippen LogP contribution in [0.2, 0.25) is 5.02 Å². The van der Waals surface area contributed by atoms with Gasteiger partial charge in [-0.3, -0.25) is 10.3 Å². The van der Waals surface area contributed by atoms with Gasteiger partial charge in [-0.15, -0.1) is 0 Å². The van der Waals surface area contributed by atoms with Crippen LogP contribution in [-0.4, -0.2) is 18.2 Å². The smallest absolute Gasteiger partial charge is 0.417 e. The van der Waals surface area contributed by atoms with E-state index in [0.717, 1.165) is 11.3 Å². The molecule has 0 aliphatic rings. The number of ether oxygens (including phenoxy) is 2. The second kappa shape index (κ2) is 8.87. The molecule has 6 heteroatoms. The van der Waals surface area contributed by atoms with Crippen LogP contribution in [0, 0.1) is 0 Å². The molecular weight excluding hydrogens is 364 g/mol. The maximum atomic E-state index is 12.1. The maximum Gasteiger partial charge on any atom is 0.417 e. The average molecular weight is 381 g/mol. The Morgan fingerprint density at radius 3 is 2.56 bits per heavy atom. The Labute approximate surface area is 162 Å². The Bertz CT molecular complexity index is 941. The molecule has 0 saturated heterocycles. The largest absolute Gasteiger partial charge is 0.493 e. The number of aromatic nitrogens is 1. The Balaban J connectivity index is 1.69. The number of halogens is 1. The molecule has 5 nitrogen and oxygen atoms in total. The number of methoxy groups -OCH3 is 1. The molecule has 0 radical (unpaired) electrons. The van der Waals surface area contributed by atoms with Crippen molar-refractivity contribution in [1.82, 2.24) is 4.98 Å². The summed E-state index contributed by atoms with van der Waals surface area (Å²) in [5.74, 6) is 0.767. The SMILES string of the molecule is COc1cc(/C=C/c2ccccn2)ccc1OC(=O)Nc1ccc(Cl)cc1. The number of rotatable bonds is 5. The first-order valence-electron chi connectivity index (χ1n) is 8.15. The molecule has 0 fully saturated rings. The third-order valence-corrected chi connectivity index (χ3v) is 3.87. The summed E-state index contributed by atoms with van der Waals surface area (Å²) in [6.45, 7) is 0. The molecule has 27 heavy (non-hydrogen) atoms. The van der Waals surface area contributed by atoms with Gasteiger partial charge in [0.1, 0.15) is 0 Å². The van der Waals surface area contributed by atoms with Gasteiger partial charge in [0, 0.05) is 16.9 Å². The molecule has 2 aromatic carbocycles. The maximum absolute atomic E-state index is 12.1. The third kappa shape index (κ3) is 5.33. The van der Waals surface area contributed by atoms with Crippen LogP contribution < -0.4 is 14.8 Å². The molecule has 3 rings (SSSR count). The summed E-state index contributed by atoms with van der Waals surface area (Å²) in [6.07, 6.45) is 4.91. The number of carbonyl (C=O) groups excluding carboxylic acids is 1. The predicted molar refractivity (Wildman–Crippen MR) is 107 cm³/mol. The Morgan fingerprint density at radius 2 is 1.85 bits per heavy atom. The van der Waals surface area contributed by atoms with E-state index < -0.39 is 6.09 Å². The molecule has 0 unspecified atom stereocenters. The van der Waals surface area contributed by atoms with Gasteiger partial charge in [-0.05, 0) is 60.2 Å². The van der Waals surface area contributed by atoms with Crippen LogP contribution in [0.5, 0.6) is 11.5 Å². The van der Waals surface area contributed by atoms with Gasteiger partial charge in [0.25, 0.3) is 0 Å². The lowest BCUT2D eigenvalue weighted by molar-refractivity contribution is 0.213. The van der Waals surface area contributed by atoms with Crippen LogP contribution in [0.15, 0.2) is 66.9 Å². The van der Waals surface area contributed by atoms with Gasteiger partial charge in [0.15, 0.2) is 11.5 Å². The van der Waals surface area contributed by atoms with Gasteiger partial charge in [0.2, 0.25) is 0 Å². The lowest BCUT2D eigenvalue weighted by Crippen LogP contribution is -2.17. The highest BCUT2D eigenvalue weighted by Crippen LogP contribution is 2.29. The highest BCUT2D eigenvalue weighted by Gasteiger charge is 2.10. The molecule has 0 spiro atoms. The topological polar surface area (TPSA) is 60.5 Å². The molecule has 0 bridgehead atoms. The van der Waals surface area contributed by atoms with Gasteiger partial charge >= 0.3 is 6.09 Å². The van der Waals surface area contributed by atoms with Crippen molar-refractivity contribution >= 4 is 35.5 Å². The molecule has 3 aromatic rings. The fourth-order valence-corrected chi connectivity index (χ4v) is 2.43. The highest BCUT2D eigenvalue weighted by atomic mass is 35.5. The predicted octanol–water partition coefficient (Wildman–Crippen LogP) is 5.52. The van der Waals surface area contributed by atoms with E-state index >= 15 is 0 Å². The summed E-state index contributed by atoms with van der Waals surface area (Å²) in [4.78, 5) is 16.3. The van der Waals surface area contributed by atoms with E-state index in [0.29, 0.717) is 22.2 Å². The van der Waals surface area contributed by atoms with Gasteiger partial charge in [-0.25, -0.2) is 4.79 Å². The van der Waals surface area contributed by atoms with Crippen molar-refractivity contribution in [2.24, 2.45) is 0 Å². The van der Waals surface area contributed by atoms with Crippen LogP contribution in [0.3, 0.4) is 0 Å². The first-order chi connectivity index (χ1) is 13.1. The van der Waals surface area contributed by atoms with Crippen LogP contribution in [0.1, 0.15) is 11.3 Å². The lowest BCUT2D eigenvalue weighted by atomic mass is 10.1. The number of hydrogen-bond acceptors (Lipinski definition) is 4. The van der Waals surface area contributed by atoms with E-state index in [1.807, 2.05) is 36.4 Å². The molecule has 0 aliphatic heterocycles. The summed E-state index contributed by atoms with van der Waals surface area (Å²) in [7, 11) is 1.52. The number of nitrogens with one attached hydrogen (secondary N) is 1. The number of nitrogens with zero attached hydrogens (tertiary/aromatic N) is 1. The van der Waals surface area contributed by atoms with Crippen LogP contribution in [-0.2, 0) is 0 Å². The van der Waals surface area contributed by atoms with Gasteiger partial charge in [-0.2, -0.15) is 0 Å². The molecule has 0 atom stereocenters. The normalized spacial score (nSPS) is 10.6.